The molecule has 3 aromatic rings. The number of sulfonamides is 1. The lowest BCUT2D eigenvalue weighted by Crippen LogP contribution is -2.50. The largest absolute Gasteiger partial charge is 0.352 e. The Morgan fingerprint density at radius 1 is 0.914 bits per heavy atom. The molecule has 0 atom stereocenters. The fourth-order valence-electron chi connectivity index (χ4n) is 5.26. The summed E-state index contributed by atoms with van der Waals surface area (Å²) >= 11 is 0. The zero-order valence-electron chi connectivity index (χ0n) is 19.6. The van der Waals surface area contributed by atoms with E-state index < -0.39 is 10.0 Å². The van der Waals surface area contributed by atoms with Gasteiger partial charge in [0.25, 0.3) is 15.9 Å². The number of rotatable bonds is 2. The number of carbonyl (C=O) groups excluding carboxylic acids is 1. The van der Waals surface area contributed by atoms with Crippen molar-refractivity contribution in [3.8, 4) is 5.69 Å². The second-order valence-electron chi connectivity index (χ2n) is 9.39. The van der Waals surface area contributed by atoms with Gasteiger partial charge in [0.15, 0.2) is 11.5 Å². The molecule has 3 aliphatic rings. The van der Waals surface area contributed by atoms with E-state index in [9.17, 15) is 13.2 Å². The van der Waals surface area contributed by atoms with Gasteiger partial charge in [-0.3, -0.25) is 4.79 Å². The normalized spacial score (nSPS) is 18.7. The van der Waals surface area contributed by atoms with E-state index in [1.807, 2.05) is 20.5 Å². The first-order valence-electron chi connectivity index (χ1n) is 12.1. The van der Waals surface area contributed by atoms with Gasteiger partial charge >= 0.3 is 0 Å². The van der Waals surface area contributed by atoms with Gasteiger partial charge < -0.3 is 9.80 Å². The van der Waals surface area contributed by atoms with Crippen LogP contribution in [0, 0.1) is 6.92 Å². The maximum atomic E-state index is 13.6. The van der Waals surface area contributed by atoms with Crippen molar-refractivity contribution >= 4 is 21.8 Å². The quantitative estimate of drug-likeness (QED) is 0.552. The Kier molecular flexibility index (Phi) is 5.25. The molecule has 2 aromatic carbocycles. The SMILES string of the molecule is Cc1ccc(-n2nc(C(=O)N3CCN(C4=NS(=O)(=O)c5ccccc54)CC3)c3c2CCCC3)cc1. The molecule has 180 valence electrons. The molecule has 1 aliphatic carbocycles. The number of fused-ring (bicyclic) bond motifs is 2. The number of nitrogens with zero attached hydrogens (tertiary/aromatic N) is 5. The molecule has 0 radical (unpaired) electrons. The standard InChI is InChI=1S/C26H27N5O3S/c1-18-10-12-19(13-11-18)31-22-8-4-2-6-20(22)24(27-31)26(32)30-16-14-29(15-17-30)25-21-7-3-5-9-23(21)35(33,34)28-25/h3,5,7,9-13H,2,4,6,8,14-17H2,1H3. The van der Waals surface area contributed by atoms with Gasteiger partial charge in [0.05, 0.1) is 5.69 Å². The van der Waals surface area contributed by atoms with Crippen molar-refractivity contribution in [1.82, 2.24) is 19.6 Å². The Labute approximate surface area is 204 Å². The molecule has 6 rings (SSSR count). The Bertz CT molecular complexity index is 1450. The summed E-state index contributed by atoms with van der Waals surface area (Å²) in [6.45, 7) is 4.09. The lowest BCUT2D eigenvalue weighted by atomic mass is 9.95. The summed E-state index contributed by atoms with van der Waals surface area (Å²) in [4.78, 5) is 17.7. The summed E-state index contributed by atoms with van der Waals surface area (Å²) in [6.07, 6.45) is 3.95. The van der Waals surface area contributed by atoms with Gasteiger partial charge in [-0.1, -0.05) is 29.8 Å². The molecular weight excluding hydrogens is 462 g/mol. The van der Waals surface area contributed by atoms with Crippen LogP contribution < -0.4 is 0 Å². The van der Waals surface area contributed by atoms with Gasteiger partial charge in [0.1, 0.15) is 4.90 Å². The van der Waals surface area contributed by atoms with E-state index in [1.54, 1.807) is 18.2 Å². The van der Waals surface area contributed by atoms with E-state index >= 15 is 0 Å². The molecule has 2 aliphatic heterocycles. The van der Waals surface area contributed by atoms with Crippen molar-refractivity contribution in [3.05, 3.63) is 76.6 Å². The number of hydrogen-bond acceptors (Lipinski definition) is 5. The predicted octanol–water partition coefficient (Wildman–Crippen LogP) is 2.97. The van der Waals surface area contributed by atoms with E-state index in [-0.39, 0.29) is 10.8 Å². The Morgan fingerprint density at radius 3 is 2.40 bits per heavy atom. The van der Waals surface area contributed by atoms with E-state index in [0.717, 1.165) is 42.6 Å². The number of amidine groups is 1. The molecule has 0 saturated carbocycles. The summed E-state index contributed by atoms with van der Waals surface area (Å²) in [5.41, 5.74) is 5.58. The van der Waals surface area contributed by atoms with Crippen LogP contribution in [0.3, 0.4) is 0 Å². The molecule has 0 spiro atoms. The Balaban J connectivity index is 1.24. The number of hydrogen-bond donors (Lipinski definition) is 0. The molecule has 35 heavy (non-hydrogen) atoms. The molecule has 0 bridgehead atoms. The van der Waals surface area contributed by atoms with Crippen molar-refractivity contribution in [1.29, 1.82) is 0 Å². The van der Waals surface area contributed by atoms with E-state index in [4.69, 9.17) is 5.10 Å². The van der Waals surface area contributed by atoms with Crippen LogP contribution in [0.5, 0.6) is 0 Å². The van der Waals surface area contributed by atoms with Crippen molar-refractivity contribution in [2.75, 3.05) is 26.2 Å². The molecule has 1 saturated heterocycles. The molecule has 9 heteroatoms. The van der Waals surface area contributed by atoms with Gasteiger partial charge in [0, 0.05) is 43.0 Å². The minimum absolute atomic E-state index is 0.0463. The van der Waals surface area contributed by atoms with Crippen LogP contribution in [-0.2, 0) is 22.9 Å². The lowest BCUT2D eigenvalue weighted by molar-refractivity contribution is 0.0684. The number of aryl methyl sites for hydroxylation is 1. The average Bonchev–Trinajstić information content (AvgIpc) is 3.40. The molecule has 1 fully saturated rings. The highest BCUT2D eigenvalue weighted by atomic mass is 32.2. The molecule has 3 heterocycles. The van der Waals surface area contributed by atoms with Crippen LogP contribution in [0.2, 0.25) is 0 Å². The highest BCUT2D eigenvalue weighted by Crippen LogP contribution is 2.30. The highest BCUT2D eigenvalue weighted by molar-refractivity contribution is 7.90. The fourth-order valence-corrected chi connectivity index (χ4v) is 6.49. The number of carbonyl (C=O) groups is 1. The fraction of sp³-hybridized carbons (Fsp3) is 0.346. The maximum Gasteiger partial charge on any atom is 0.285 e. The predicted molar refractivity (Wildman–Crippen MR) is 133 cm³/mol. The minimum Gasteiger partial charge on any atom is -0.352 e. The zero-order chi connectivity index (χ0) is 24.2. The number of piperazine rings is 1. The van der Waals surface area contributed by atoms with Crippen molar-refractivity contribution in [3.63, 3.8) is 0 Å². The number of benzene rings is 2. The molecule has 1 aromatic heterocycles. The van der Waals surface area contributed by atoms with Crippen molar-refractivity contribution in [2.24, 2.45) is 4.40 Å². The van der Waals surface area contributed by atoms with Crippen LogP contribution in [0.25, 0.3) is 5.69 Å². The topological polar surface area (TPSA) is 87.9 Å². The molecule has 0 unspecified atom stereocenters. The molecule has 8 nitrogen and oxygen atoms in total. The first kappa shape index (κ1) is 22.0. The zero-order valence-corrected chi connectivity index (χ0v) is 20.5. The van der Waals surface area contributed by atoms with Crippen LogP contribution >= 0.6 is 0 Å². The summed E-state index contributed by atoms with van der Waals surface area (Å²) in [5, 5.41) is 4.82. The lowest BCUT2D eigenvalue weighted by Gasteiger charge is -2.35. The molecule has 0 N–H and O–H groups in total. The second-order valence-corrected chi connectivity index (χ2v) is 11.0. The molecular formula is C26H27N5O3S. The summed E-state index contributed by atoms with van der Waals surface area (Å²) in [6, 6.07) is 15.2. The minimum atomic E-state index is -3.66. The molecule has 1 amide bonds. The van der Waals surface area contributed by atoms with Crippen LogP contribution in [-0.4, -0.2) is 65.9 Å². The van der Waals surface area contributed by atoms with Crippen LogP contribution in [0.1, 0.15) is 45.7 Å². The third-order valence-electron chi connectivity index (χ3n) is 7.14. The van der Waals surface area contributed by atoms with E-state index in [2.05, 4.69) is 35.6 Å². The van der Waals surface area contributed by atoms with E-state index in [1.165, 1.54) is 5.56 Å². The van der Waals surface area contributed by atoms with Gasteiger partial charge in [0.2, 0.25) is 0 Å². The summed E-state index contributed by atoms with van der Waals surface area (Å²) < 4.78 is 30.9. The Morgan fingerprint density at radius 2 is 1.63 bits per heavy atom. The van der Waals surface area contributed by atoms with Gasteiger partial charge in [-0.25, -0.2) is 4.68 Å². The third kappa shape index (κ3) is 3.74. The maximum absolute atomic E-state index is 13.6. The van der Waals surface area contributed by atoms with Gasteiger partial charge in [-0.2, -0.15) is 13.5 Å². The van der Waals surface area contributed by atoms with Crippen molar-refractivity contribution < 1.29 is 13.2 Å². The van der Waals surface area contributed by atoms with Crippen LogP contribution in [0.4, 0.5) is 0 Å². The number of amides is 1. The second kappa shape index (κ2) is 8.34. The monoisotopic (exact) mass is 489 g/mol. The first-order chi connectivity index (χ1) is 16.9. The Hall–Kier alpha value is -3.46. The van der Waals surface area contributed by atoms with E-state index in [0.29, 0.717) is 43.3 Å². The third-order valence-corrected chi connectivity index (χ3v) is 8.47. The van der Waals surface area contributed by atoms with Crippen LogP contribution in [0.15, 0.2) is 57.8 Å². The first-order valence-corrected chi connectivity index (χ1v) is 13.5. The average molecular weight is 490 g/mol. The highest BCUT2D eigenvalue weighted by Gasteiger charge is 2.35. The van der Waals surface area contributed by atoms with Gasteiger partial charge in [-0.15, -0.1) is 4.40 Å². The van der Waals surface area contributed by atoms with Gasteiger partial charge in [-0.05, 0) is 56.9 Å². The summed E-state index contributed by atoms with van der Waals surface area (Å²) in [5.74, 6) is 0.434. The van der Waals surface area contributed by atoms with Crippen molar-refractivity contribution in [2.45, 2.75) is 37.5 Å². The summed E-state index contributed by atoms with van der Waals surface area (Å²) in [7, 11) is -3.66. The smallest absolute Gasteiger partial charge is 0.285 e. The number of aromatic nitrogens is 2.